The maximum absolute atomic E-state index is 12.5. The number of anilines is 1. The van der Waals surface area contributed by atoms with Crippen molar-refractivity contribution in [3.05, 3.63) is 53.6 Å². The van der Waals surface area contributed by atoms with Gasteiger partial charge >= 0.3 is 6.09 Å². The standard InChI is InChI=1S/C23H26N2O4/c1-25-12-11-23-10-9-17(26)13-19(23)29-21-18(8-7-15(14-25)20(21)23)28-22(27)24-16-5-3-2-4-6-16/h2-8,17,19,26H,9-14H2,1H3,(H,24,27)/t17-,19-,23-/m0/s1. The van der Waals surface area contributed by atoms with Crippen molar-refractivity contribution in [1.29, 1.82) is 0 Å². The van der Waals surface area contributed by atoms with Crippen LogP contribution in [-0.2, 0) is 12.0 Å². The fraction of sp³-hybridized carbons (Fsp3) is 0.435. The molecule has 0 bridgehead atoms. The Hall–Kier alpha value is -2.57. The van der Waals surface area contributed by atoms with Crippen LogP contribution < -0.4 is 14.8 Å². The Balaban J connectivity index is 1.49. The third-order valence-corrected chi connectivity index (χ3v) is 6.59. The quantitative estimate of drug-likeness (QED) is 0.813. The minimum absolute atomic E-state index is 0.0755. The summed E-state index contributed by atoms with van der Waals surface area (Å²) < 4.78 is 12.1. The molecule has 1 amide bonds. The van der Waals surface area contributed by atoms with Gasteiger partial charge in [-0.3, -0.25) is 5.32 Å². The highest BCUT2D eigenvalue weighted by atomic mass is 16.6. The second kappa shape index (κ2) is 7.04. The van der Waals surface area contributed by atoms with Gasteiger partial charge in [0, 0.05) is 29.6 Å². The van der Waals surface area contributed by atoms with E-state index in [1.165, 1.54) is 11.1 Å². The fourth-order valence-electron chi connectivity index (χ4n) is 5.18. The number of rotatable bonds is 2. The third kappa shape index (κ3) is 3.16. The van der Waals surface area contributed by atoms with Gasteiger partial charge < -0.3 is 19.5 Å². The molecular formula is C23H26N2O4. The third-order valence-electron chi connectivity index (χ3n) is 6.59. The molecule has 0 unspecified atom stereocenters. The highest BCUT2D eigenvalue weighted by Crippen LogP contribution is 2.57. The Labute approximate surface area is 170 Å². The van der Waals surface area contributed by atoms with Crippen LogP contribution in [0.25, 0.3) is 0 Å². The molecule has 29 heavy (non-hydrogen) atoms. The minimum Gasteiger partial charge on any atom is -0.485 e. The first-order valence-corrected chi connectivity index (χ1v) is 10.3. The first kappa shape index (κ1) is 18.5. The summed E-state index contributed by atoms with van der Waals surface area (Å²) in [5.74, 6) is 1.13. The van der Waals surface area contributed by atoms with Crippen molar-refractivity contribution < 1.29 is 19.4 Å². The van der Waals surface area contributed by atoms with Gasteiger partial charge in [-0.25, -0.2) is 4.79 Å². The van der Waals surface area contributed by atoms with Crippen molar-refractivity contribution >= 4 is 11.8 Å². The van der Waals surface area contributed by atoms with Crippen LogP contribution in [0.4, 0.5) is 10.5 Å². The first-order valence-electron chi connectivity index (χ1n) is 10.3. The van der Waals surface area contributed by atoms with Crippen LogP contribution in [0.15, 0.2) is 42.5 Å². The molecule has 0 aromatic heterocycles. The zero-order chi connectivity index (χ0) is 20.0. The van der Waals surface area contributed by atoms with E-state index >= 15 is 0 Å². The van der Waals surface area contributed by atoms with Gasteiger partial charge in [0.1, 0.15) is 6.10 Å². The summed E-state index contributed by atoms with van der Waals surface area (Å²) in [5.41, 5.74) is 2.99. The normalized spacial score (nSPS) is 27.9. The lowest BCUT2D eigenvalue weighted by molar-refractivity contribution is 0.0120. The average Bonchev–Trinajstić information content (AvgIpc) is 2.96. The predicted molar refractivity (Wildman–Crippen MR) is 109 cm³/mol. The summed E-state index contributed by atoms with van der Waals surface area (Å²) in [4.78, 5) is 14.8. The fourth-order valence-corrected chi connectivity index (χ4v) is 5.18. The van der Waals surface area contributed by atoms with Crippen molar-refractivity contribution in [1.82, 2.24) is 4.90 Å². The van der Waals surface area contributed by atoms with Gasteiger partial charge in [-0.1, -0.05) is 24.3 Å². The van der Waals surface area contributed by atoms with E-state index in [2.05, 4.69) is 23.3 Å². The average molecular weight is 394 g/mol. The van der Waals surface area contributed by atoms with Crippen molar-refractivity contribution in [2.75, 3.05) is 18.9 Å². The Morgan fingerprint density at radius 3 is 2.90 bits per heavy atom. The first-order chi connectivity index (χ1) is 14.0. The molecular weight excluding hydrogens is 368 g/mol. The molecule has 2 aromatic rings. The molecule has 1 saturated carbocycles. The van der Waals surface area contributed by atoms with Gasteiger partial charge in [0.2, 0.25) is 0 Å². The molecule has 0 radical (unpaired) electrons. The molecule has 1 aliphatic carbocycles. The molecule has 3 atom stereocenters. The molecule has 6 nitrogen and oxygen atoms in total. The van der Waals surface area contributed by atoms with Gasteiger partial charge in [-0.2, -0.15) is 0 Å². The number of aliphatic hydroxyl groups is 1. The smallest absolute Gasteiger partial charge is 0.417 e. The number of hydrogen-bond acceptors (Lipinski definition) is 5. The van der Waals surface area contributed by atoms with Crippen molar-refractivity contribution in [3.63, 3.8) is 0 Å². The molecule has 3 aliphatic rings. The summed E-state index contributed by atoms with van der Waals surface area (Å²) in [6, 6.07) is 13.1. The maximum atomic E-state index is 12.5. The van der Waals surface area contributed by atoms with E-state index < -0.39 is 6.09 Å². The SMILES string of the molecule is CN1CC[C@@]23CC[C@H](O)C[C@@H]2Oc2c(OC(=O)Nc4ccccc4)ccc(c23)C1. The van der Waals surface area contributed by atoms with Gasteiger partial charge in [0.25, 0.3) is 0 Å². The topological polar surface area (TPSA) is 71.0 Å². The minimum atomic E-state index is -0.536. The van der Waals surface area contributed by atoms with E-state index in [4.69, 9.17) is 9.47 Å². The van der Waals surface area contributed by atoms with Crippen molar-refractivity contribution in [2.24, 2.45) is 0 Å². The largest absolute Gasteiger partial charge is 0.485 e. The number of amides is 1. The highest BCUT2D eigenvalue weighted by molar-refractivity contribution is 5.86. The number of nitrogens with one attached hydrogen (secondary N) is 1. The second-order valence-electron chi connectivity index (χ2n) is 8.49. The van der Waals surface area contributed by atoms with Gasteiger partial charge in [-0.05, 0) is 56.6 Å². The van der Waals surface area contributed by atoms with Crippen molar-refractivity contribution in [2.45, 2.75) is 49.9 Å². The summed E-state index contributed by atoms with van der Waals surface area (Å²) in [5, 5.41) is 13.0. The van der Waals surface area contributed by atoms with Gasteiger partial charge in [-0.15, -0.1) is 0 Å². The molecule has 152 valence electrons. The Kier molecular flexibility index (Phi) is 4.48. The number of carbonyl (C=O) groups is 1. The number of benzene rings is 2. The number of hydrogen-bond donors (Lipinski definition) is 2. The van der Waals surface area contributed by atoms with E-state index in [1.807, 2.05) is 36.4 Å². The van der Waals surface area contributed by atoms with E-state index in [1.54, 1.807) is 0 Å². The van der Waals surface area contributed by atoms with Crippen LogP contribution in [0.2, 0.25) is 0 Å². The zero-order valence-electron chi connectivity index (χ0n) is 16.6. The van der Waals surface area contributed by atoms with Crippen LogP contribution in [-0.4, -0.2) is 41.9 Å². The van der Waals surface area contributed by atoms with Crippen LogP contribution in [0, 0.1) is 0 Å². The van der Waals surface area contributed by atoms with E-state index in [0.717, 1.165) is 32.4 Å². The summed E-state index contributed by atoms with van der Waals surface area (Å²) in [6.45, 7) is 1.83. The molecule has 5 rings (SSSR count). The van der Waals surface area contributed by atoms with E-state index in [9.17, 15) is 9.90 Å². The van der Waals surface area contributed by atoms with E-state index in [0.29, 0.717) is 23.6 Å². The summed E-state index contributed by atoms with van der Waals surface area (Å²) in [7, 11) is 2.13. The Bertz CT molecular complexity index is 932. The number of ether oxygens (including phenoxy) is 2. The number of para-hydroxylation sites is 1. The molecule has 1 fully saturated rings. The van der Waals surface area contributed by atoms with E-state index in [-0.39, 0.29) is 17.6 Å². The van der Waals surface area contributed by atoms with Crippen molar-refractivity contribution in [3.8, 4) is 11.5 Å². The van der Waals surface area contributed by atoms with Crippen LogP contribution in [0.3, 0.4) is 0 Å². The number of nitrogens with zero attached hydrogens (tertiary/aromatic N) is 1. The van der Waals surface area contributed by atoms with Crippen LogP contribution in [0.1, 0.15) is 36.8 Å². The molecule has 6 heteroatoms. The van der Waals surface area contributed by atoms with Crippen LogP contribution in [0.5, 0.6) is 11.5 Å². The summed E-state index contributed by atoms with van der Waals surface area (Å²) >= 11 is 0. The Morgan fingerprint density at radius 1 is 1.24 bits per heavy atom. The van der Waals surface area contributed by atoms with Gasteiger partial charge in [0.05, 0.1) is 6.10 Å². The monoisotopic (exact) mass is 394 g/mol. The lowest BCUT2D eigenvalue weighted by Gasteiger charge is -2.40. The highest BCUT2D eigenvalue weighted by Gasteiger charge is 2.54. The maximum Gasteiger partial charge on any atom is 0.417 e. The molecule has 2 aliphatic heterocycles. The lowest BCUT2D eigenvalue weighted by atomic mass is 9.65. The van der Waals surface area contributed by atoms with Gasteiger partial charge in [0.15, 0.2) is 11.5 Å². The zero-order valence-corrected chi connectivity index (χ0v) is 16.6. The molecule has 2 heterocycles. The Morgan fingerprint density at radius 2 is 2.07 bits per heavy atom. The molecule has 2 N–H and O–H groups in total. The van der Waals surface area contributed by atoms with Crippen LogP contribution >= 0.6 is 0 Å². The molecule has 2 aromatic carbocycles. The number of carbonyl (C=O) groups excluding carboxylic acids is 1. The molecule has 1 spiro atoms. The second-order valence-corrected chi connectivity index (χ2v) is 8.49. The predicted octanol–water partition coefficient (Wildman–Crippen LogP) is 3.68. The summed E-state index contributed by atoms with van der Waals surface area (Å²) in [6.07, 6.45) is 2.33. The molecule has 0 saturated heterocycles. The lowest BCUT2D eigenvalue weighted by Crippen LogP contribution is -2.45. The number of aliphatic hydroxyl groups excluding tert-OH is 1.